The summed E-state index contributed by atoms with van der Waals surface area (Å²) < 4.78 is 34.8. The number of carbonyl (C=O) groups excluding carboxylic acids is 2. The van der Waals surface area contributed by atoms with Crippen molar-refractivity contribution in [2.75, 3.05) is 37.7 Å². The summed E-state index contributed by atoms with van der Waals surface area (Å²) >= 11 is 1.16. The van der Waals surface area contributed by atoms with E-state index in [0.717, 1.165) is 11.8 Å². The molecule has 3 aromatic rings. The van der Waals surface area contributed by atoms with Crippen molar-refractivity contribution in [2.24, 2.45) is 0 Å². The van der Waals surface area contributed by atoms with E-state index in [1.54, 1.807) is 34.9 Å². The summed E-state index contributed by atoms with van der Waals surface area (Å²) in [5.41, 5.74) is 0.907. The summed E-state index contributed by atoms with van der Waals surface area (Å²) in [6.45, 7) is 3.35. The Bertz CT molecular complexity index is 1190. The van der Waals surface area contributed by atoms with Crippen molar-refractivity contribution in [1.29, 1.82) is 0 Å². The molecule has 1 fully saturated rings. The van der Waals surface area contributed by atoms with Crippen molar-refractivity contribution < 1.29 is 26.8 Å². The van der Waals surface area contributed by atoms with Gasteiger partial charge in [0.05, 0.1) is 22.7 Å². The molecule has 3 heterocycles. The standard InChI is InChI=1S/C20H21N3O6S2/c1-2-31(26,27)14-5-6-16-15(12-14)21-20(29-16)30-13-18(24)22-7-9-23(10-8-22)19(25)17-4-3-11-28-17/h3-6,11-12H,2,7-10,13H2,1H3. The molecule has 31 heavy (non-hydrogen) atoms. The molecule has 11 heteroatoms. The average Bonchev–Trinajstić information content (AvgIpc) is 3.46. The molecule has 0 unspecified atom stereocenters. The van der Waals surface area contributed by atoms with Gasteiger partial charge in [0.1, 0.15) is 5.52 Å². The molecule has 0 radical (unpaired) electrons. The first-order chi connectivity index (χ1) is 14.9. The van der Waals surface area contributed by atoms with Crippen LogP contribution in [0.5, 0.6) is 0 Å². The van der Waals surface area contributed by atoms with Crippen LogP contribution in [0.4, 0.5) is 0 Å². The van der Waals surface area contributed by atoms with Crippen molar-refractivity contribution in [3.8, 4) is 0 Å². The summed E-state index contributed by atoms with van der Waals surface area (Å²) in [5.74, 6) is 0.182. The van der Waals surface area contributed by atoms with Crippen molar-refractivity contribution in [3.05, 3.63) is 42.4 Å². The van der Waals surface area contributed by atoms with Crippen LogP contribution in [0.15, 0.2) is 55.5 Å². The number of fused-ring (bicyclic) bond motifs is 1. The molecular formula is C20H21N3O6S2. The van der Waals surface area contributed by atoms with Gasteiger partial charge in [0.15, 0.2) is 21.2 Å². The Morgan fingerprint density at radius 3 is 2.55 bits per heavy atom. The normalized spacial score (nSPS) is 14.9. The quantitative estimate of drug-likeness (QED) is 0.512. The van der Waals surface area contributed by atoms with Gasteiger partial charge in [-0.2, -0.15) is 0 Å². The number of nitrogens with zero attached hydrogens (tertiary/aromatic N) is 3. The van der Waals surface area contributed by atoms with Crippen LogP contribution in [0.1, 0.15) is 17.5 Å². The van der Waals surface area contributed by atoms with Gasteiger partial charge in [-0.05, 0) is 30.3 Å². The van der Waals surface area contributed by atoms with E-state index in [0.29, 0.717) is 48.3 Å². The number of thioether (sulfide) groups is 1. The maximum Gasteiger partial charge on any atom is 0.289 e. The molecule has 1 aliphatic rings. The fourth-order valence-corrected chi connectivity index (χ4v) is 4.88. The lowest BCUT2D eigenvalue weighted by atomic mass is 10.3. The lowest BCUT2D eigenvalue weighted by molar-refractivity contribution is -0.129. The number of sulfone groups is 1. The Hall–Kier alpha value is -2.79. The zero-order chi connectivity index (χ0) is 22.0. The highest BCUT2D eigenvalue weighted by Gasteiger charge is 2.26. The monoisotopic (exact) mass is 463 g/mol. The van der Waals surface area contributed by atoms with Crippen LogP contribution >= 0.6 is 11.8 Å². The Labute approximate surface area is 183 Å². The number of aromatic nitrogens is 1. The zero-order valence-corrected chi connectivity index (χ0v) is 18.4. The maximum absolute atomic E-state index is 12.6. The molecule has 4 rings (SSSR count). The molecule has 1 aromatic carbocycles. The number of piperazine rings is 1. The third-order valence-electron chi connectivity index (χ3n) is 5.05. The van der Waals surface area contributed by atoms with Crippen LogP contribution in [0.2, 0.25) is 0 Å². The molecule has 9 nitrogen and oxygen atoms in total. The smallest absolute Gasteiger partial charge is 0.289 e. The second-order valence-electron chi connectivity index (χ2n) is 6.95. The summed E-state index contributed by atoms with van der Waals surface area (Å²) in [5, 5.41) is 0.307. The first-order valence-corrected chi connectivity index (χ1v) is 12.4. The van der Waals surface area contributed by atoms with Crippen LogP contribution in [0, 0.1) is 0 Å². The number of amides is 2. The second kappa shape index (κ2) is 8.75. The molecule has 164 valence electrons. The van der Waals surface area contributed by atoms with Crippen LogP contribution in [0.25, 0.3) is 11.1 Å². The number of rotatable bonds is 6. The number of hydrogen-bond donors (Lipinski definition) is 0. The molecule has 2 aromatic heterocycles. The number of benzene rings is 1. The maximum atomic E-state index is 12.6. The predicted octanol–water partition coefficient (Wildman–Crippen LogP) is 2.29. The minimum atomic E-state index is -3.33. The van der Waals surface area contributed by atoms with E-state index in [-0.39, 0.29) is 28.2 Å². The third-order valence-corrected chi connectivity index (χ3v) is 7.59. The summed E-state index contributed by atoms with van der Waals surface area (Å²) in [6, 6.07) is 7.84. The number of carbonyl (C=O) groups is 2. The van der Waals surface area contributed by atoms with E-state index >= 15 is 0 Å². The van der Waals surface area contributed by atoms with Crippen molar-refractivity contribution in [1.82, 2.24) is 14.8 Å². The van der Waals surface area contributed by atoms with Gasteiger partial charge in [-0.3, -0.25) is 9.59 Å². The van der Waals surface area contributed by atoms with Crippen LogP contribution < -0.4 is 0 Å². The molecule has 1 saturated heterocycles. The highest BCUT2D eigenvalue weighted by Crippen LogP contribution is 2.26. The largest absolute Gasteiger partial charge is 0.459 e. The van der Waals surface area contributed by atoms with Gasteiger partial charge < -0.3 is 18.6 Å². The Kier molecular flexibility index (Phi) is 6.05. The first kappa shape index (κ1) is 21.4. The van der Waals surface area contributed by atoms with Crippen LogP contribution in [-0.4, -0.2) is 72.7 Å². The molecule has 0 saturated carbocycles. The van der Waals surface area contributed by atoms with E-state index in [9.17, 15) is 18.0 Å². The molecule has 0 spiro atoms. The number of hydrogen-bond acceptors (Lipinski definition) is 8. The second-order valence-corrected chi connectivity index (χ2v) is 10.2. The lowest BCUT2D eigenvalue weighted by Gasteiger charge is -2.34. The van der Waals surface area contributed by atoms with E-state index < -0.39 is 9.84 Å². The molecule has 0 aliphatic carbocycles. The molecule has 1 aliphatic heterocycles. The minimum Gasteiger partial charge on any atom is -0.459 e. The molecule has 2 amide bonds. The van der Waals surface area contributed by atoms with E-state index in [4.69, 9.17) is 8.83 Å². The number of furan rings is 1. The summed E-state index contributed by atoms with van der Waals surface area (Å²) in [4.78, 5) is 32.7. The average molecular weight is 464 g/mol. The van der Waals surface area contributed by atoms with Gasteiger partial charge in [-0.1, -0.05) is 18.7 Å². The highest BCUT2D eigenvalue weighted by atomic mass is 32.2. The number of oxazole rings is 1. The van der Waals surface area contributed by atoms with E-state index in [1.165, 1.54) is 18.4 Å². The SMILES string of the molecule is CCS(=O)(=O)c1ccc2oc(SCC(=O)N3CCN(C(=O)c4ccco4)CC3)nc2c1. The van der Waals surface area contributed by atoms with Gasteiger partial charge in [-0.15, -0.1) is 0 Å². The lowest BCUT2D eigenvalue weighted by Crippen LogP contribution is -2.51. The topological polar surface area (TPSA) is 114 Å². The molecule has 0 N–H and O–H groups in total. The van der Waals surface area contributed by atoms with Gasteiger partial charge in [0.2, 0.25) is 5.91 Å². The van der Waals surface area contributed by atoms with Gasteiger partial charge >= 0.3 is 0 Å². The van der Waals surface area contributed by atoms with Gasteiger partial charge in [0, 0.05) is 26.2 Å². The van der Waals surface area contributed by atoms with Crippen molar-refractivity contribution >= 4 is 44.5 Å². The highest BCUT2D eigenvalue weighted by molar-refractivity contribution is 7.99. The minimum absolute atomic E-state index is 0.00679. The van der Waals surface area contributed by atoms with Gasteiger partial charge in [0.25, 0.3) is 11.1 Å². The van der Waals surface area contributed by atoms with E-state index in [2.05, 4.69) is 4.98 Å². The van der Waals surface area contributed by atoms with Crippen molar-refractivity contribution in [3.63, 3.8) is 0 Å². The summed E-state index contributed by atoms with van der Waals surface area (Å²) in [7, 11) is -3.33. The van der Waals surface area contributed by atoms with Crippen LogP contribution in [-0.2, 0) is 14.6 Å². The molecule has 0 atom stereocenters. The predicted molar refractivity (Wildman–Crippen MR) is 114 cm³/mol. The Morgan fingerprint density at radius 2 is 1.87 bits per heavy atom. The zero-order valence-electron chi connectivity index (χ0n) is 16.8. The Balaban J connectivity index is 1.33. The summed E-state index contributed by atoms with van der Waals surface area (Å²) in [6.07, 6.45) is 1.46. The fourth-order valence-electron chi connectivity index (χ4n) is 3.24. The molecule has 0 bridgehead atoms. The van der Waals surface area contributed by atoms with Gasteiger partial charge in [-0.25, -0.2) is 13.4 Å². The Morgan fingerprint density at radius 1 is 1.13 bits per heavy atom. The van der Waals surface area contributed by atoms with Crippen molar-refractivity contribution in [2.45, 2.75) is 17.0 Å². The van der Waals surface area contributed by atoms with Crippen LogP contribution in [0.3, 0.4) is 0 Å². The first-order valence-electron chi connectivity index (χ1n) is 9.74. The van der Waals surface area contributed by atoms with E-state index in [1.807, 2.05) is 0 Å². The third kappa shape index (κ3) is 4.62. The fraction of sp³-hybridized carbons (Fsp3) is 0.350. The molecular weight excluding hydrogens is 442 g/mol.